The molecule has 1 amide bonds. The van der Waals surface area contributed by atoms with Crippen LogP contribution in [-0.2, 0) is 9.53 Å². The van der Waals surface area contributed by atoms with Gasteiger partial charge in [0.05, 0.1) is 12.8 Å². The van der Waals surface area contributed by atoms with E-state index in [-0.39, 0.29) is 23.4 Å². The predicted molar refractivity (Wildman–Crippen MR) is 94.2 cm³/mol. The number of esters is 1. The number of aromatic amines is 1. The molecule has 0 fully saturated rings. The monoisotopic (exact) mass is 368 g/mol. The highest BCUT2D eigenvalue weighted by Gasteiger charge is 2.18. The van der Waals surface area contributed by atoms with Crippen molar-refractivity contribution in [1.82, 2.24) is 10.2 Å². The van der Waals surface area contributed by atoms with E-state index in [0.29, 0.717) is 30.4 Å². The number of anilines is 1. The van der Waals surface area contributed by atoms with Crippen LogP contribution in [0.2, 0.25) is 0 Å². The lowest BCUT2D eigenvalue weighted by Gasteiger charge is -2.18. The van der Waals surface area contributed by atoms with Gasteiger partial charge >= 0.3 is 5.97 Å². The van der Waals surface area contributed by atoms with Gasteiger partial charge in [0, 0.05) is 17.3 Å². The Bertz CT molecular complexity index is 941. The zero-order valence-corrected chi connectivity index (χ0v) is 14.4. The maximum atomic E-state index is 12.4. The van der Waals surface area contributed by atoms with Gasteiger partial charge < -0.3 is 19.5 Å². The zero-order chi connectivity index (χ0) is 19.2. The van der Waals surface area contributed by atoms with Gasteiger partial charge in [-0.2, -0.15) is 10.4 Å². The summed E-state index contributed by atoms with van der Waals surface area (Å²) >= 11 is 0. The van der Waals surface area contributed by atoms with Crippen molar-refractivity contribution in [2.75, 3.05) is 25.1 Å². The van der Waals surface area contributed by atoms with Crippen LogP contribution in [0, 0.1) is 11.3 Å². The number of nitriles is 1. The van der Waals surface area contributed by atoms with Gasteiger partial charge in [-0.15, -0.1) is 0 Å². The highest BCUT2D eigenvalue weighted by molar-refractivity contribution is 6.10. The first kappa shape index (κ1) is 18.0. The summed E-state index contributed by atoms with van der Waals surface area (Å²) in [6.07, 6.45) is 2.60. The second-order valence-corrected chi connectivity index (χ2v) is 5.40. The molecule has 0 saturated heterocycles. The molecule has 1 aromatic heterocycles. The molecule has 0 radical (unpaired) electrons. The molecular weight excluding hydrogens is 352 g/mol. The maximum Gasteiger partial charge on any atom is 0.356 e. The summed E-state index contributed by atoms with van der Waals surface area (Å²) < 4.78 is 15.8. The van der Waals surface area contributed by atoms with E-state index in [1.165, 1.54) is 12.3 Å². The molecule has 2 aromatic rings. The van der Waals surface area contributed by atoms with Crippen LogP contribution in [0.5, 0.6) is 11.5 Å². The van der Waals surface area contributed by atoms with Gasteiger partial charge in [-0.3, -0.25) is 9.89 Å². The number of carbonyl (C=O) groups is 2. The lowest BCUT2D eigenvalue weighted by Crippen LogP contribution is -2.17. The smallest absolute Gasteiger partial charge is 0.356 e. The number of benzene rings is 1. The fourth-order valence-electron chi connectivity index (χ4n) is 2.40. The summed E-state index contributed by atoms with van der Waals surface area (Å²) in [5.41, 5.74) is 0.596. The summed E-state index contributed by atoms with van der Waals surface area (Å²) in [5, 5.41) is 18.2. The van der Waals surface area contributed by atoms with Gasteiger partial charge in [0.2, 0.25) is 0 Å². The predicted octanol–water partition coefficient (Wildman–Crippen LogP) is 1.90. The normalized spacial score (nSPS) is 12.8. The number of hydrogen-bond acceptors (Lipinski definition) is 7. The van der Waals surface area contributed by atoms with Crippen LogP contribution < -0.4 is 14.8 Å². The van der Waals surface area contributed by atoms with Gasteiger partial charge in [0.1, 0.15) is 24.9 Å². The molecule has 0 bridgehead atoms. The molecule has 1 aliphatic rings. The van der Waals surface area contributed by atoms with Crippen LogP contribution in [0.25, 0.3) is 6.08 Å². The number of nitrogens with one attached hydrogen (secondary N) is 2. The molecule has 2 N–H and O–H groups in total. The number of carbonyl (C=O) groups excluding carboxylic acids is 2. The Morgan fingerprint density at radius 1 is 1.37 bits per heavy atom. The van der Waals surface area contributed by atoms with Crippen molar-refractivity contribution in [3.8, 4) is 17.6 Å². The molecule has 0 atom stereocenters. The number of rotatable bonds is 5. The van der Waals surface area contributed by atoms with Crippen molar-refractivity contribution in [1.29, 1.82) is 5.26 Å². The first-order valence-corrected chi connectivity index (χ1v) is 8.15. The lowest BCUT2D eigenvalue weighted by molar-refractivity contribution is -0.112. The van der Waals surface area contributed by atoms with Gasteiger partial charge in [-0.1, -0.05) is 0 Å². The Hall–Kier alpha value is -3.80. The van der Waals surface area contributed by atoms with E-state index < -0.39 is 11.9 Å². The highest BCUT2D eigenvalue weighted by atomic mass is 16.6. The third-order valence-electron chi connectivity index (χ3n) is 3.61. The largest absolute Gasteiger partial charge is 0.486 e. The summed E-state index contributed by atoms with van der Waals surface area (Å²) in [6.45, 7) is 2.75. The molecule has 138 valence electrons. The van der Waals surface area contributed by atoms with Crippen molar-refractivity contribution in [3.63, 3.8) is 0 Å². The van der Waals surface area contributed by atoms with Crippen molar-refractivity contribution in [3.05, 3.63) is 41.2 Å². The van der Waals surface area contributed by atoms with Crippen LogP contribution >= 0.6 is 0 Å². The fraction of sp³-hybridized carbons (Fsp3) is 0.222. The maximum absolute atomic E-state index is 12.4. The molecule has 3 rings (SSSR count). The molecule has 0 unspecified atom stereocenters. The minimum Gasteiger partial charge on any atom is -0.486 e. The topological polar surface area (TPSA) is 126 Å². The van der Waals surface area contributed by atoms with Gasteiger partial charge in [0.25, 0.3) is 5.91 Å². The van der Waals surface area contributed by atoms with Crippen LogP contribution in [0.3, 0.4) is 0 Å². The zero-order valence-electron chi connectivity index (χ0n) is 14.4. The number of H-pyrrole nitrogens is 1. The standard InChI is InChI=1S/C18H16N4O5/c1-2-25-18(24)16-12(10-20-22-16)7-11(9-19)17(23)21-13-3-4-14-15(8-13)27-6-5-26-14/h3-4,7-8,10H,2,5-6H2,1H3,(H,20,22)(H,21,23). The van der Waals surface area contributed by atoms with E-state index in [1.54, 1.807) is 25.1 Å². The number of fused-ring (bicyclic) bond motifs is 1. The second-order valence-electron chi connectivity index (χ2n) is 5.40. The molecule has 2 heterocycles. The number of ether oxygens (including phenoxy) is 3. The summed E-state index contributed by atoms with van der Waals surface area (Å²) in [6, 6.07) is 6.75. The molecule has 1 aromatic carbocycles. The summed E-state index contributed by atoms with van der Waals surface area (Å²) in [7, 11) is 0. The molecule has 0 saturated carbocycles. The van der Waals surface area contributed by atoms with Crippen LogP contribution in [0.1, 0.15) is 23.0 Å². The Labute approximate surface area is 154 Å². The van der Waals surface area contributed by atoms with Crippen LogP contribution in [0.15, 0.2) is 30.0 Å². The molecule has 0 spiro atoms. The number of amides is 1. The van der Waals surface area contributed by atoms with Gasteiger partial charge in [0.15, 0.2) is 17.2 Å². The van der Waals surface area contributed by atoms with E-state index >= 15 is 0 Å². The summed E-state index contributed by atoms with van der Waals surface area (Å²) in [4.78, 5) is 24.3. The molecule has 27 heavy (non-hydrogen) atoms. The van der Waals surface area contributed by atoms with Crippen LogP contribution in [0.4, 0.5) is 5.69 Å². The lowest BCUT2D eigenvalue weighted by atomic mass is 10.1. The first-order valence-electron chi connectivity index (χ1n) is 8.15. The van der Waals surface area contributed by atoms with Crippen molar-refractivity contribution in [2.24, 2.45) is 0 Å². The average molecular weight is 368 g/mol. The highest BCUT2D eigenvalue weighted by Crippen LogP contribution is 2.32. The molecule has 9 nitrogen and oxygen atoms in total. The molecule has 0 aliphatic carbocycles. The molecule has 9 heteroatoms. The average Bonchev–Trinajstić information content (AvgIpc) is 3.14. The van der Waals surface area contributed by atoms with Gasteiger partial charge in [-0.25, -0.2) is 4.79 Å². The Balaban J connectivity index is 1.79. The Morgan fingerprint density at radius 3 is 2.89 bits per heavy atom. The van der Waals surface area contributed by atoms with Crippen molar-refractivity contribution < 1.29 is 23.8 Å². The third-order valence-corrected chi connectivity index (χ3v) is 3.61. The Kier molecular flexibility index (Phi) is 5.37. The molecular formula is C18H16N4O5. The number of aromatic nitrogens is 2. The minimum absolute atomic E-state index is 0.0664. The number of nitrogens with zero attached hydrogens (tertiary/aromatic N) is 2. The van der Waals surface area contributed by atoms with Gasteiger partial charge in [-0.05, 0) is 25.1 Å². The quantitative estimate of drug-likeness (QED) is 0.469. The van der Waals surface area contributed by atoms with Crippen molar-refractivity contribution >= 4 is 23.6 Å². The van der Waals surface area contributed by atoms with E-state index in [0.717, 1.165) is 0 Å². The fourth-order valence-corrected chi connectivity index (χ4v) is 2.40. The van der Waals surface area contributed by atoms with E-state index in [2.05, 4.69) is 15.5 Å². The second kappa shape index (κ2) is 8.05. The third kappa shape index (κ3) is 4.07. The Morgan fingerprint density at radius 2 is 2.15 bits per heavy atom. The minimum atomic E-state index is -0.634. The van der Waals surface area contributed by atoms with E-state index in [4.69, 9.17) is 14.2 Å². The number of hydrogen-bond donors (Lipinski definition) is 2. The van der Waals surface area contributed by atoms with E-state index in [9.17, 15) is 14.9 Å². The SMILES string of the molecule is CCOC(=O)c1[nH]ncc1C=C(C#N)C(=O)Nc1ccc2c(c1)OCCO2. The van der Waals surface area contributed by atoms with Crippen LogP contribution in [-0.4, -0.2) is 41.9 Å². The molecule has 1 aliphatic heterocycles. The summed E-state index contributed by atoms with van der Waals surface area (Å²) in [5.74, 6) is -0.148. The van der Waals surface area contributed by atoms with Crippen molar-refractivity contribution in [2.45, 2.75) is 6.92 Å². The first-order chi connectivity index (χ1) is 13.1. The van der Waals surface area contributed by atoms with E-state index in [1.807, 2.05) is 6.07 Å².